The van der Waals surface area contributed by atoms with Gasteiger partial charge in [-0.1, -0.05) is 20.3 Å². The van der Waals surface area contributed by atoms with Crippen molar-refractivity contribution >= 4 is 17.1 Å². The van der Waals surface area contributed by atoms with E-state index in [0.29, 0.717) is 17.9 Å². The van der Waals surface area contributed by atoms with Crippen LogP contribution < -0.4 is 5.32 Å². The average Bonchev–Trinajstić information content (AvgIpc) is 3.22. The second kappa shape index (κ2) is 10.9. The molecule has 0 spiro atoms. The average molecular weight is 379 g/mol. The van der Waals surface area contributed by atoms with Crippen LogP contribution in [-0.4, -0.2) is 34.8 Å². The summed E-state index contributed by atoms with van der Waals surface area (Å²) in [4.78, 5) is 14.7. The number of ether oxygens (including phenoxy) is 1. The van der Waals surface area contributed by atoms with Gasteiger partial charge in [0.25, 0.3) is 0 Å². The second-order valence-electron chi connectivity index (χ2n) is 7.59. The third-order valence-electron chi connectivity index (χ3n) is 3.93. The highest BCUT2D eigenvalue weighted by atomic mass is 16.6. The number of aromatic hydroxyl groups is 1. The number of rotatable bonds is 2. The number of carbonyl (C=O) groups excluding carboxylic acids is 1. The first kappa shape index (κ1) is 23.0. The number of esters is 1. The lowest BCUT2D eigenvalue weighted by atomic mass is 10.1. The number of hydrogen-bond acceptors (Lipinski definition) is 6. The molecule has 0 radical (unpaired) electrons. The van der Waals surface area contributed by atoms with Gasteiger partial charge in [0.2, 0.25) is 0 Å². The summed E-state index contributed by atoms with van der Waals surface area (Å²) >= 11 is 0. The third kappa shape index (κ3) is 9.43. The number of hydrogen-bond donors (Lipinski definition) is 2. The fourth-order valence-corrected chi connectivity index (χ4v) is 2.51. The van der Waals surface area contributed by atoms with Crippen molar-refractivity contribution in [2.75, 3.05) is 13.1 Å². The first-order valence-corrected chi connectivity index (χ1v) is 9.63. The fraction of sp³-hybridized carbons (Fsp3) is 0.619. The number of phenols is 1. The molecule has 6 heteroatoms. The van der Waals surface area contributed by atoms with Gasteiger partial charge < -0.3 is 19.6 Å². The van der Waals surface area contributed by atoms with E-state index in [1.807, 2.05) is 20.8 Å². The zero-order valence-corrected chi connectivity index (χ0v) is 17.5. The largest absolute Gasteiger partial charge is 0.508 e. The van der Waals surface area contributed by atoms with Crippen LogP contribution in [0.2, 0.25) is 0 Å². The molecule has 27 heavy (non-hydrogen) atoms. The molecule has 2 aromatic rings. The van der Waals surface area contributed by atoms with Gasteiger partial charge in [0, 0.05) is 19.4 Å². The lowest BCUT2D eigenvalue weighted by molar-refractivity contribution is -0.154. The first-order chi connectivity index (χ1) is 12.6. The summed E-state index contributed by atoms with van der Waals surface area (Å²) in [6.45, 7) is 13.9. The number of nitrogens with one attached hydrogen (secondary N) is 1. The molecule has 0 aliphatic carbocycles. The maximum absolute atomic E-state index is 10.6. The van der Waals surface area contributed by atoms with E-state index < -0.39 is 0 Å². The van der Waals surface area contributed by atoms with Crippen LogP contribution in [0.3, 0.4) is 0 Å². The van der Waals surface area contributed by atoms with Gasteiger partial charge in [0.05, 0.1) is 0 Å². The highest BCUT2D eigenvalue weighted by molar-refractivity contribution is 5.74. The highest BCUT2D eigenvalue weighted by Gasteiger charge is 2.13. The lowest BCUT2D eigenvalue weighted by Gasteiger charge is -2.18. The minimum absolute atomic E-state index is 0.137. The van der Waals surface area contributed by atoms with E-state index in [2.05, 4.69) is 17.2 Å². The van der Waals surface area contributed by atoms with Gasteiger partial charge >= 0.3 is 5.97 Å². The number of carbonyl (C=O) groups is 1. The second-order valence-corrected chi connectivity index (χ2v) is 7.59. The van der Waals surface area contributed by atoms with Crippen molar-refractivity contribution in [1.82, 2.24) is 10.3 Å². The van der Waals surface area contributed by atoms with Crippen molar-refractivity contribution in [2.45, 2.75) is 66.4 Å². The Morgan fingerprint density at radius 3 is 2.52 bits per heavy atom. The molecular weight excluding hydrogens is 344 g/mol. The molecule has 3 rings (SSSR count). The molecule has 6 nitrogen and oxygen atoms in total. The summed E-state index contributed by atoms with van der Waals surface area (Å²) in [5, 5.41) is 12.4. The Labute approximate surface area is 162 Å². The van der Waals surface area contributed by atoms with Crippen molar-refractivity contribution in [3.05, 3.63) is 24.1 Å². The molecule has 1 aliphatic heterocycles. The summed E-state index contributed by atoms with van der Waals surface area (Å²) in [5.41, 5.74) is 1.08. The Balaban J connectivity index is 0.000000208. The van der Waals surface area contributed by atoms with Crippen LogP contribution >= 0.6 is 0 Å². The van der Waals surface area contributed by atoms with E-state index in [1.54, 1.807) is 32.0 Å². The Kier molecular flexibility index (Phi) is 9.29. The van der Waals surface area contributed by atoms with Crippen molar-refractivity contribution in [3.8, 4) is 5.75 Å². The monoisotopic (exact) mass is 378 g/mol. The van der Waals surface area contributed by atoms with Crippen molar-refractivity contribution in [1.29, 1.82) is 0 Å². The maximum atomic E-state index is 10.6. The molecule has 0 saturated carbocycles. The van der Waals surface area contributed by atoms with Gasteiger partial charge in [-0.15, -0.1) is 0 Å². The van der Waals surface area contributed by atoms with Crippen molar-refractivity contribution in [3.63, 3.8) is 0 Å². The molecule has 1 aromatic carbocycles. The lowest BCUT2D eigenvalue weighted by Crippen LogP contribution is -2.23. The van der Waals surface area contributed by atoms with E-state index in [4.69, 9.17) is 14.3 Å². The van der Waals surface area contributed by atoms with Gasteiger partial charge in [-0.25, -0.2) is 4.98 Å². The SMILES string of the molecule is CCC(=O)OC(C)(C)C.CCC1CCNC1.Cc1nc2ccc(O)cc2o1. The van der Waals surface area contributed by atoms with Gasteiger partial charge in [0.1, 0.15) is 16.9 Å². The predicted octanol–water partition coefficient (Wildman–Crippen LogP) is 4.59. The number of aromatic nitrogens is 1. The molecule has 0 amide bonds. The number of benzene rings is 1. The minimum atomic E-state index is -0.326. The summed E-state index contributed by atoms with van der Waals surface area (Å²) in [5.74, 6) is 1.67. The Hall–Kier alpha value is -2.08. The Morgan fingerprint density at radius 1 is 1.37 bits per heavy atom. The molecule has 152 valence electrons. The predicted molar refractivity (Wildman–Crippen MR) is 108 cm³/mol. The number of oxazole rings is 1. The van der Waals surface area contributed by atoms with Gasteiger partial charge in [-0.05, 0) is 58.3 Å². The minimum Gasteiger partial charge on any atom is -0.508 e. The molecule has 0 bridgehead atoms. The highest BCUT2D eigenvalue weighted by Crippen LogP contribution is 2.19. The number of phenolic OH excluding ortho intramolecular Hbond substituents is 1. The quantitative estimate of drug-likeness (QED) is 0.744. The van der Waals surface area contributed by atoms with Crippen LogP contribution in [-0.2, 0) is 9.53 Å². The van der Waals surface area contributed by atoms with Gasteiger partial charge in [-0.3, -0.25) is 4.79 Å². The van der Waals surface area contributed by atoms with Crippen LogP contribution in [0.1, 0.15) is 59.8 Å². The summed E-state index contributed by atoms with van der Waals surface area (Å²) in [6.07, 6.45) is 3.21. The topological polar surface area (TPSA) is 84.6 Å². The van der Waals surface area contributed by atoms with Crippen LogP contribution in [0.4, 0.5) is 0 Å². The zero-order valence-electron chi connectivity index (χ0n) is 17.5. The fourth-order valence-electron chi connectivity index (χ4n) is 2.51. The van der Waals surface area contributed by atoms with E-state index in [-0.39, 0.29) is 17.3 Å². The molecule has 2 heterocycles. The van der Waals surface area contributed by atoms with E-state index >= 15 is 0 Å². The van der Waals surface area contributed by atoms with Gasteiger partial charge in [-0.2, -0.15) is 0 Å². The molecule has 1 aromatic heterocycles. The van der Waals surface area contributed by atoms with E-state index in [9.17, 15) is 4.79 Å². The van der Waals surface area contributed by atoms with E-state index in [1.165, 1.54) is 25.9 Å². The standard InChI is InChI=1S/C8H7NO2.C7H14O2.C6H13N/c1-5-9-7-3-2-6(10)4-8(7)11-5;1-5-6(8)9-7(2,3)4;1-2-6-3-4-7-5-6/h2-4,10H,1H3;5H2,1-4H3;6-7H,2-5H2,1H3. The molecule has 2 N–H and O–H groups in total. The molecule has 1 atom stereocenters. The number of aryl methyl sites for hydroxylation is 1. The summed E-state index contributed by atoms with van der Waals surface area (Å²) < 4.78 is 10.1. The molecular formula is C21H34N2O4. The van der Waals surface area contributed by atoms with E-state index in [0.717, 1.165) is 11.4 Å². The Morgan fingerprint density at radius 2 is 2.07 bits per heavy atom. The third-order valence-corrected chi connectivity index (χ3v) is 3.93. The number of fused-ring (bicyclic) bond motifs is 1. The van der Waals surface area contributed by atoms with Crippen LogP contribution in [0, 0.1) is 12.8 Å². The first-order valence-electron chi connectivity index (χ1n) is 9.63. The van der Waals surface area contributed by atoms with Crippen molar-refractivity contribution < 1.29 is 19.1 Å². The van der Waals surface area contributed by atoms with Crippen LogP contribution in [0.5, 0.6) is 5.75 Å². The van der Waals surface area contributed by atoms with Crippen molar-refractivity contribution in [2.24, 2.45) is 5.92 Å². The summed E-state index contributed by atoms with van der Waals surface area (Å²) in [6, 6.07) is 4.86. The molecule has 1 saturated heterocycles. The zero-order chi connectivity index (χ0) is 20.4. The Bertz CT molecular complexity index is 698. The smallest absolute Gasteiger partial charge is 0.306 e. The number of nitrogens with zero attached hydrogens (tertiary/aromatic N) is 1. The van der Waals surface area contributed by atoms with Crippen LogP contribution in [0.15, 0.2) is 22.6 Å². The van der Waals surface area contributed by atoms with Crippen LogP contribution in [0.25, 0.3) is 11.1 Å². The normalized spacial score (nSPS) is 16.1. The molecule has 1 unspecified atom stereocenters. The molecule has 1 fully saturated rings. The van der Waals surface area contributed by atoms with Gasteiger partial charge in [0.15, 0.2) is 11.5 Å². The molecule has 1 aliphatic rings. The summed E-state index contributed by atoms with van der Waals surface area (Å²) in [7, 11) is 0. The maximum Gasteiger partial charge on any atom is 0.306 e.